The monoisotopic (exact) mass is 289 g/mol. The van der Waals surface area contributed by atoms with Gasteiger partial charge in [0.1, 0.15) is 6.61 Å². The van der Waals surface area contributed by atoms with E-state index in [0.29, 0.717) is 13.0 Å². The molecule has 2 N–H and O–H groups in total. The second-order valence-corrected chi connectivity index (χ2v) is 4.48. The Balaban J connectivity index is 1.90. The first-order valence-corrected chi connectivity index (χ1v) is 6.00. The molecule has 0 aromatic carbocycles. The molecule has 2 atom stereocenters. The molecule has 8 heteroatoms. The fourth-order valence-electron chi connectivity index (χ4n) is 1.81. The van der Waals surface area contributed by atoms with E-state index in [4.69, 9.17) is 15.2 Å². The van der Waals surface area contributed by atoms with Gasteiger partial charge in [0.2, 0.25) is 5.88 Å². The second kappa shape index (κ2) is 5.56. The van der Waals surface area contributed by atoms with Crippen molar-refractivity contribution in [3.8, 4) is 5.88 Å². The van der Waals surface area contributed by atoms with E-state index in [9.17, 15) is 13.2 Å². The SMILES string of the molecule is C[C@H](C[C@H]1COC(N)=N1)Oc1ccc(C(F)(F)F)cn1. The summed E-state index contributed by atoms with van der Waals surface area (Å²) in [4.78, 5) is 7.68. The molecule has 1 aliphatic rings. The zero-order valence-electron chi connectivity index (χ0n) is 10.7. The molecular weight excluding hydrogens is 275 g/mol. The average Bonchev–Trinajstić information content (AvgIpc) is 2.74. The molecule has 0 unspecified atom stereocenters. The highest BCUT2D eigenvalue weighted by molar-refractivity contribution is 5.72. The number of rotatable bonds is 4. The van der Waals surface area contributed by atoms with Gasteiger partial charge in [-0.3, -0.25) is 0 Å². The van der Waals surface area contributed by atoms with E-state index in [1.165, 1.54) is 6.07 Å². The van der Waals surface area contributed by atoms with E-state index >= 15 is 0 Å². The Morgan fingerprint density at radius 2 is 2.25 bits per heavy atom. The van der Waals surface area contributed by atoms with Gasteiger partial charge in [-0.05, 0) is 13.0 Å². The van der Waals surface area contributed by atoms with Gasteiger partial charge in [-0.15, -0.1) is 0 Å². The number of aliphatic imine (C=N–C) groups is 1. The summed E-state index contributed by atoms with van der Waals surface area (Å²) in [6, 6.07) is 2.18. The van der Waals surface area contributed by atoms with Crippen LogP contribution in [0.3, 0.4) is 0 Å². The number of nitrogens with two attached hydrogens (primary N) is 1. The van der Waals surface area contributed by atoms with Crippen molar-refractivity contribution in [3.63, 3.8) is 0 Å². The number of alkyl halides is 3. The smallest absolute Gasteiger partial charge is 0.417 e. The Hall–Kier alpha value is -1.99. The van der Waals surface area contributed by atoms with Crippen molar-refractivity contribution in [2.75, 3.05) is 6.61 Å². The molecular formula is C12H14F3N3O2. The van der Waals surface area contributed by atoms with Gasteiger partial charge in [0.05, 0.1) is 17.7 Å². The van der Waals surface area contributed by atoms with Gasteiger partial charge in [-0.1, -0.05) is 0 Å². The van der Waals surface area contributed by atoms with Crippen molar-refractivity contribution in [1.29, 1.82) is 0 Å². The third-order valence-corrected chi connectivity index (χ3v) is 2.72. The van der Waals surface area contributed by atoms with E-state index < -0.39 is 11.7 Å². The molecule has 1 aromatic heterocycles. The normalized spacial score (nSPS) is 20.2. The molecule has 20 heavy (non-hydrogen) atoms. The van der Waals surface area contributed by atoms with Gasteiger partial charge in [-0.2, -0.15) is 13.2 Å². The van der Waals surface area contributed by atoms with Crippen LogP contribution in [0.5, 0.6) is 5.88 Å². The highest BCUT2D eigenvalue weighted by Crippen LogP contribution is 2.29. The molecule has 0 aliphatic carbocycles. The van der Waals surface area contributed by atoms with Gasteiger partial charge >= 0.3 is 6.18 Å². The van der Waals surface area contributed by atoms with Gasteiger partial charge < -0.3 is 15.2 Å². The minimum absolute atomic E-state index is 0.0977. The molecule has 110 valence electrons. The van der Waals surface area contributed by atoms with Crippen LogP contribution in [-0.4, -0.2) is 29.8 Å². The number of ether oxygens (including phenoxy) is 2. The van der Waals surface area contributed by atoms with Gasteiger partial charge in [0.25, 0.3) is 6.02 Å². The topological polar surface area (TPSA) is 69.7 Å². The van der Waals surface area contributed by atoms with Crippen LogP contribution in [-0.2, 0) is 10.9 Å². The van der Waals surface area contributed by atoms with E-state index in [2.05, 4.69) is 9.98 Å². The maximum Gasteiger partial charge on any atom is 0.417 e. The predicted octanol–water partition coefficient (Wildman–Crippen LogP) is 1.97. The maximum absolute atomic E-state index is 12.4. The molecule has 2 rings (SSSR count). The van der Waals surface area contributed by atoms with E-state index in [1.807, 2.05) is 0 Å². The molecule has 0 amide bonds. The summed E-state index contributed by atoms with van der Waals surface area (Å²) in [7, 11) is 0. The molecule has 0 spiro atoms. The summed E-state index contributed by atoms with van der Waals surface area (Å²) in [6.45, 7) is 2.17. The number of pyridine rings is 1. The van der Waals surface area contributed by atoms with E-state index in [-0.39, 0.29) is 24.0 Å². The van der Waals surface area contributed by atoms with Crippen LogP contribution in [0.15, 0.2) is 23.3 Å². The molecule has 0 bridgehead atoms. The summed E-state index contributed by atoms with van der Waals surface area (Å²) in [5, 5.41) is 0. The molecule has 0 fully saturated rings. The van der Waals surface area contributed by atoms with Crippen LogP contribution in [0.1, 0.15) is 18.9 Å². The average molecular weight is 289 g/mol. The lowest BCUT2D eigenvalue weighted by atomic mass is 10.1. The third kappa shape index (κ3) is 3.75. The Bertz CT molecular complexity index is 488. The molecule has 0 saturated heterocycles. The first-order chi connectivity index (χ1) is 9.34. The summed E-state index contributed by atoms with van der Waals surface area (Å²) in [6.07, 6.45) is -3.37. The second-order valence-electron chi connectivity index (χ2n) is 4.48. The lowest BCUT2D eigenvalue weighted by molar-refractivity contribution is -0.137. The lowest BCUT2D eigenvalue weighted by Gasteiger charge is -2.15. The third-order valence-electron chi connectivity index (χ3n) is 2.72. The maximum atomic E-state index is 12.4. The van der Waals surface area contributed by atoms with Crippen LogP contribution in [0.4, 0.5) is 13.2 Å². The van der Waals surface area contributed by atoms with Crippen LogP contribution in [0.2, 0.25) is 0 Å². The fourth-order valence-corrected chi connectivity index (χ4v) is 1.81. The van der Waals surface area contributed by atoms with Crippen LogP contribution < -0.4 is 10.5 Å². The van der Waals surface area contributed by atoms with Crippen molar-refractivity contribution in [2.45, 2.75) is 31.7 Å². The minimum Gasteiger partial charge on any atom is -0.475 e. The fraction of sp³-hybridized carbons (Fsp3) is 0.500. The molecule has 1 aromatic rings. The Kier molecular flexibility index (Phi) is 4.01. The molecule has 5 nitrogen and oxygen atoms in total. The van der Waals surface area contributed by atoms with Crippen LogP contribution >= 0.6 is 0 Å². The first-order valence-electron chi connectivity index (χ1n) is 6.00. The molecule has 0 saturated carbocycles. The van der Waals surface area contributed by atoms with Crippen molar-refractivity contribution in [3.05, 3.63) is 23.9 Å². The van der Waals surface area contributed by atoms with E-state index in [0.717, 1.165) is 12.3 Å². The highest BCUT2D eigenvalue weighted by atomic mass is 19.4. The molecule has 2 heterocycles. The van der Waals surface area contributed by atoms with Gasteiger partial charge in [0, 0.05) is 18.7 Å². The van der Waals surface area contributed by atoms with Crippen molar-refractivity contribution in [1.82, 2.24) is 4.98 Å². The standard InChI is InChI=1S/C12H14F3N3O2/c1-7(4-9-6-19-11(16)18-9)20-10-3-2-8(5-17-10)12(13,14)15/h2-3,5,7,9H,4,6H2,1H3,(H2,16,18)/t7-,9+/m1/s1. The minimum atomic E-state index is -4.40. The molecule has 0 radical (unpaired) electrons. The number of hydrogen-bond acceptors (Lipinski definition) is 5. The quantitative estimate of drug-likeness (QED) is 0.920. The van der Waals surface area contributed by atoms with Crippen molar-refractivity contribution >= 4 is 6.02 Å². The summed E-state index contributed by atoms with van der Waals surface area (Å²) in [5.74, 6) is 0.140. The highest BCUT2D eigenvalue weighted by Gasteiger charge is 2.30. The zero-order chi connectivity index (χ0) is 14.8. The lowest BCUT2D eigenvalue weighted by Crippen LogP contribution is -2.20. The number of amidine groups is 1. The first kappa shape index (κ1) is 14.4. The number of nitrogens with zero attached hydrogens (tertiary/aromatic N) is 2. The van der Waals surface area contributed by atoms with E-state index in [1.54, 1.807) is 6.92 Å². The van der Waals surface area contributed by atoms with Crippen molar-refractivity contribution < 1.29 is 22.6 Å². The van der Waals surface area contributed by atoms with Crippen molar-refractivity contribution in [2.24, 2.45) is 10.7 Å². The van der Waals surface area contributed by atoms with Crippen LogP contribution in [0.25, 0.3) is 0 Å². The number of aromatic nitrogens is 1. The number of halogens is 3. The summed E-state index contributed by atoms with van der Waals surface area (Å²) in [5.41, 5.74) is 4.57. The van der Waals surface area contributed by atoms with Gasteiger partial charge in [-0.25, -0.2) is 9.98 Å². The summed E-state index contributed by atoms with van der Waals surface area (Å²) < 4.78 is 47.5. The predicted molar refractivity (Wildman–Crippen MR) is 65.3 cm³/mol. The molecule has 1 aliphatic heterocycles. The largest absolute Gasteiger partial charge is 0.475 e. The van der Waals surface area contributed by atoms with Crippen LogP contribution in [0, 0.1) is 0 Å². The Morgan fingerprint density at radius 3 is 2.75 bits per heavy atom. The Labute approximate surface area is 113 Å². The number of hydrogen-bond donors (Lipinski definition) is 1. The van der Waals surface area contributed by atoms with Gasteiger partial charge in [0.15, 0.2) is 0 Å². The summed E-state index contributed by atoms with van der Waals surface area (Å²) >= 11 is 0. The Morgan fingerprint density at radius 1 is 1.50 bits per heavy atom. The zero-order valence-corrected chi connectivity index (χ0v) is 10.7.